The van der Waals surface area contributed by atoms with Crippen LogP contribution >= 0.6 is 0 Å². The van der Waals surface area contributed by atoms with Crippen molar-refractivity contribution in [2.45, 2.75) is 52.2 Å². The van der Waals surface area contributed by atoms with Gasteiger partial charge in [0.1, 0.15) is 12.1 Å². The number of carbonyl (C=O) groups excluding carboxylic acids is 1. The maximum absolute atomic E-state index is 11.5. The minimum Gasteiger partial charge on any atom is -0.461 e. The molecule has 1 aliphatic rings. The Hall–Kier alpha value is -0.610. The molecule has 0 spiro atoms. The monoisotopic (exact) mass is 229 g/mol. The molecule has 4 nitrogen and oxygen atoms in total. The van der Waals surface area contributed by atoms with Crippen LogP contribution in [0.15, 0.2) is 0 Å². The Morgan fingerprint density at radius 3 is 2.69 bits per heavy atom. The predicted molar refractivity (Wildman–Crippen MR) is 61.7 cm³/mol. The van der Waals surface area contributed by atoms with Crippen molar-refractivity contribution >= 4 is 5.97 Å². The quantitative estimate of drug-likeness (QED) is 0.710. The average molecular weight is 229 g/mol. The second-order valence-corrected chi connectivity index (χ2v) is 5.76. The van der Waals surface area contributed by atoms with Crippen LogP contribution in [0.2, 0.25) is 0 Å². The van der Waals surface area contributed by atoms with Crippen molar-refractivity contribution in [1.29, 1.82) is 0 Å². The van der Waals surface area contributed by atoms with E-state index in [0.29, 0.717) is 5.92 Å². The van der Waals surface area contributed by atoms with Gasteiger partial charge in [-0.1, -0.05) is 20.8 Å². The van der Waals surface area contributed by atoms with Gasteiger partial charge in [-0.3, -0.25) is 4.79 Å². The van der Waals surface area contributed by atoms with E-state index in [0.717, 1.165) is 19.3 Å². The molecule has 0 saturated heterocycles. The van der Waals surface area contributed by atoms with Crippen molar-refractivity contribution in [2.75, 3.05) is 6.61 Å². The number of carbonyl (C=O) groups is 1. The first kappa shape index (κ1) is 13.5. The molecule has 94 valence electrons. The highest BCUT2D eigenvalue weighted by Gasteiger charge is 2.34. The average Bonchev–Trinajstić information content (AvgIpc) is 2.12. The molecule has 1 saturated carbocycles. The lowest BCUT2D eigenvalue weighted by Gasteiger charge is -2.38. The summed E-state index contributed by atoms with van der Waals surface area (Å²) in [4.78, 5) is 11.5. The molecule has 0 bridgehead atoms. The Bertz CT molecular complexity index is 253. The third-order valence-corrected chi connectivity index (χ3v) is 3.13. The van der Waals surface area contributed by atoms with E-state index in [4.69, 9.17) is 15.6 Å². The van der Waals surface area contributed by atoms with E-state index >= 15 is 0 Å². The van der Waals surface area contributed by atoms with Gasteiger partial charge in [0.25, 0.3) is 0 Å². The highest BCUT2D eigenvalue weighted by atomic mass is 16.5. The van der Waals surface area contributed by atoms with Gasteiger partial charge in [0.2, 0.25) is 0 Å². The van der Waals surface area contributed by atoms with Crippen LogP contribution in [0.1, 0.15) is 40.0 Å². The number of aliphatic hydroxyl groups excluding tert-OH is 1. The summed E-state index contributed by atoms with van der Waals surface area (Å²) in [6, 6.07) is -0.902. The summed E-state index contributed by atoms with van der Waals surface area (Å²) in [5.74, 6) is 0.0734. The molecule has 3 N–H and O–H groups in total. The lowest BCUT2D eigenvalue weighted by atomic mass is 9.71. The van der Waals surface area contributed by atoms with Gasteiger partial charge in [-0.25, -0.2) is 0 Å². The predicted octanol–water partition coefficient (Wildman–Crippen LogP) is 1.06. The standard InChI is InChI=1S/C12H23NO3/c1-8-4-9(6-12(2,3)5-8)16-11(15)10(13)7-14/h8-10,14H,4-7,13H2,1-3H3/t8?,9?,10-/m0/s1. The van der Waals surface area contributed by atoms with Gasteiger partial charge >= 0.3 is 5.97 Å². The fourth-order valence-electron chi connectivity index (χ4n) is 2.67. The number of rotatable bonds is 3. The van der Waals surface area contributed by atoms with Gasteiger partial charge < -0.3 is 15.6 Å². The van der Waals surface area contributed by atoms with Crippen LogP contribution < -0.4 is 5.73 Å². The SMILES string of the molecule is CC1CC(OC(=O)[C@@H](N)CO)CC(C)(C)C1. The number of esters is 1. The summed E-state index contributed by atoms with van der Waals surface area (Å²) in [6.07, 6.45) is 2.88. The van der Waals surface area contributed by atoms with E-state index in [1.807, 2.05) is 0 Å². The maximum atomic E-state index is 11.5. The third kappa shape index (κ3) is 3.76. The van der Waals surface area contributed by atoms with E-state index in [1.54, 1.807) is 0 Å². The second kappa shape index (κ2) is 5.15. The van der Waals surface area contributed by atoms with Crippen molar-refractivity contribution < 1.29 is 14.6 Å². The van der Waals surface area contributed by atoms with Gasteiger partial charge in [-0.2, -0.15) is 0 Å². The first-order valence-corrected chi connectivity index (χ1v) is 5.91. The zero-order valence-corrected chi connectivity index (χ0v) is 10.4. The minimum atomic E-state index is -0.902. The van der Waals surface area contributed by atoms with Gasteiger partial charge in [-0.05, 0) is 30.6 Å². The largest absolute Gasteiger partial charge is 0.461 e. The number of aliphatic hydroxyl groups is 1. The summed E-state index contributed by atoms with van der Waals surface area (Å²) in [5.41, 5.74) is 5.63. The summed E-state index contributed by atoms with van der Waals surface area (Å²) in [6.45, 7) is 6.20. The van der Waals surface area contributed by atoms with Crippen LogP contribution in [0.25, 0.3) is 0 Å². The normalized spacial score (nSPS) is 30.8. The summed E-state index contributed by atoms with van der Waals surface area (Å²) >= 11 is 0. The van der Waals surface area contributed by atoms with Crippen LogP contribution in [-0.2, 0) is 9.53 Å². The number of ether oxygens (including phenoxy) is 1. The van der Waals surface area contributed by atoms with E-state index in [2.05, 4.69) is 20.8 Å². The minimum absolute atomic E-state index is 0.0520. The molecule has 0 radical (unpaired) electrons. The molecule has 0 amide bonds. The molecular formula is C12H23NO3. The molecule has 3 atom stereocenters. The van der Waals surface area contributed by atoms with Crippen molar-refractivity contribution in [3.63, 3.8) is 0 Å². The van der Waals surface area contributed by atoms with Crippen LogP contribution in [0.5, 0.6) is 0 Å². The Morgan fingerprint density at radius 2 is 2.19 bits per heavy atom. The highest BCUT2D eigenvalue weighted by molar-refractivity contribution is 5.75. The molecule has 0 heterocycles. The molecule has 1 fully saturated rings. The highest BCUT2D eigenvalue weighted by Crippen LogP contribution is 2.39. The molecule has 0 aromatic rings. The smallest absolute Gasteiger partial charge is 0.325 e. The lowest BCUT2D eigenvalue weighted by Crippen LogP contribution is -2.41. The molecule has 16 heavy (non-hydrogen) atoms. The lowest BCUT2D eigenvalue weighted by molar-refractivity contribution is -0.155. The molecule has 0 aromatic carbocycles. The number of hydrogen-bond donors (Lipinski definition) is 2. The fraction of sp³-hybridized carbons (Fsp3) is 0.917. The second-order valence-electron chi connectivity index (χ2n) is 5.76. The van der Waals surface area contributed by atoms with Crippen LogP contribution in [-0.4, -0.2) is 29.8 Å². The van der Waals surface area contributed by atoms with Crippen LogP contribution in [0, 0.1) is 11.3 Å². The Morgan fingerprint density at radius 1 is 1.56 bits per heavy atom. The number of hydrogen-bond acceptors (Lipinski definition) is 4. The van der Waals surface area contributed by atoms with Gasteiger partial charge in [-0.15, -0.1) is 0 Å². The van der Waals surface area contributed by atoms with Crippen LogP contribution in [0.4, 0.5) is 0 Å². The van der Waals surface area contributed by atoms with E-state index in [9.17, 15) is 4.79 Å². The fourth-order valence-corrected chi connectivity index (χ4v) is 2.67. The van der Waals surface area contributed by atoms with Crippen molar-refractivity contribution in [1.82, 2.24) is 0 Å². The number of nitrogens with two attached hydrogens (primary N) is 1. The van der Waals surface area contributed by atoms with Crippen molar-refractivity contribution in [3.05, 3.63) is 0 Å². The van der Waals surface area contributed by atoms with E-state index in [-0.39, 0.29) is 18.1 Å². The van der Waals surface area contributed by atoms with Gasteiger partial charge in [0, 0.05) is 0 Å². The molecule has 4 heteroatoms. The van der Waals surface area contributed by atoms with Crippen molar-refractivity contribution in [3.8, 4) is 0 Å². The summed E-state index contributed by atoms with van der Waals surface area (Å²) in [7, 11) is 0. The molecule has 2 unspecified atom stereocenters. The Kier molecular flexibility index (Phi) is 4.33. The molecule has 0 aliphatic heterocycles. The molecule has 0 aromatic heterocycles. The van der Waals surface area contributed by atoms with Gasteiger partial charge in [0.05, 0.1) is 6.61 Å². The Balaban J connectivity index is 2.51. The topological polar surface area (TPSA) is 72.5 Å². The van der Waals surface area contributed by atoms with Crippen molar-refractivity contribution in [2.24, 2.45) is 17.1 Å². The van der Waals surface area contributed by atoms with Gasteiger partial charge in [0.15, 0.2) is 0 Å². The Labute approximate surface area is 97.2 Å². The first-order chi connectivity index (χ1) is 7.34. The first-order valence-electron chi connectivity index (χ1n) is 5.91. The maximum Gasteiger partial charge on any atom is 0.325 e. The summed E-state index contributed by atoms with van der Waals surface area (Å²) in [5, 5.41) is 8.76. The third-order valence-electron chi connectivity index (χ3n) is 3.13. The molecule has 1 aliphatic carbocycles. The van der Waals surface area contributed by atoms with Crippen LogP contribution in [0.3, 0.4) is 0 Å². The summed E-state index contributed by atoms with van der Waals surface area (Å²) < 4.78 is 5.33. The van der Waals surface area contributed by atoms with E-state index in [1.165, 1.54) is 0 Å². The zero-order chi connectivity index (χ0) is 12.3. The van der Waals surface area contributed by atoms with E-state index < -0.39 is 12.0 Å². The zero-order valence-electron chi connectivity index (χ0n) is 10.4. The molecule has 1 rings (SSSR count). The molecular weight excluding hydrogens is 206 g/mol.